The summed E-state index contributed by atoms with van der Waals surface area (Å²) < 4.78 is 5.36. The van der Waals surface area contributed by atoms with Gasteiger partial charge in [-0.15, -0.1) is 0 Å². The lowest BCUT2D eigenvalue weighted by Gasteiger charge is -2.27. The number of nitrogens with two attached hydrogens (primary N) is 1. The highest BCUT2D eigenvalue weighted by Crippen LogP contribution is 2.28. The molecule has 1 heterocycles. The maximum atomic E-state index is 6.17. The molecule has 0 spiro atoms. The highest BCUT2D eigenvalue weighted by atomic mass is 16.5. The van der Waals surface area contributed by atoms with Gasteiger partial charge in [0.25, 0.3) is 0 Å². The second-order valence-electron chi connectivity index (χ2n) is 6.06. The Morgan fingerprint density at radius 1 is 1.22 bits per heavy atom. The van der Waals surface area contributed by atoms with E-state index >= 15 is 0 Å². The highest BCUT2D eigenvalue weighted by Gasteiger charge is 2.17. The minimum absolute atomic E-state index is 0.113. The lowest BCUT2D eigenvalue weighted by Crippen LogP contribution is -2.35. The van der Waals surface area contributed by atoms with Gasteiger partial charge in [0.15, 0.2) is 0 Å². The van der Waals surface area contributed by atoms with Gasteiger partial charge in [-0.2, -0.15) is 0 Å². The number of hydrogen-bond donors (Lipinski definition) is 1. The van der Waals surface area contributed by atoms with Crippen molar-refractivity contribution in [2.45, 2.75) is 32.7 Å². The molecule has 100 valence electrons. The van der Waals surface area contributed by atoms with E-state index in [1.54, 1.807) is 0 Å². The molecule has 1 aliphatic heterocycles. The zero-order chi connectivity index (χ0) is 13.2. The zero-order valence-electron chi connectivity index (χ0n) is 11.7. The number of rotatable bonds is 2. The van der Waals surface area contributed by atoms with Gasteiger partial charge in [0.05, 0.1) is 13.2 Å². The highest BCUT2D eigenvalue weighted by molar-refractivity contribution is 5.52. The largest absolute Gasteiger partial charge is 0.398 e. The van der Waals surface area contributed by atoms with E-state index in [1.165, 1.54) is 11.1 Å². The van der Waals surface area contributed by atoms with Gasteiger partial charge < -0.3 is 10.5 Å². The van der Waals surface area contributed by atoms with E-state index in [9.17, 15) is 0 Å². The summed E-state index contributed by atoms with van der Waals surface area (Å²) >= 11 is 0. The molecule has 0 atom stereocenters. The fraction of sp³-hybridized carbons (Fsp3) is 0.600. The summed E-state index contributed by atoms with van der Waals surface area (Å²) in [5, 5.41) is 0. The minimum atomic E-state index is 0.113. The van der Waals surface area contributed by atoms with E-state index in [2.05, 4.69) is 43.9 Å². The van der Waals surface area contributed by atoms with Crippen molar-refractivity contribution in [3.63, 3.8) is 0 Å². The van der Waals surface area contributed by atoms with Crippen molar-refractivity contribution in [1.82, 2.24) is 4.90 Å². The average molecular weight is 248 g/mol. The zero-order valence-corrected chi connectivity index (χ0v) is 11.7. The van der Waals surface area contributed by atoms with Gasteiger partial charge in [-0.3, -0.25) is 4.90 Å². The summed E-state index contributed by atoms with van der Waals surface area (Å²) in [6.45, 7) is 11.3. The lowest BCUT2D eigenvalue weighted by atomic mass is 9.85. The molecule has 0 unspecified atom stereocenters. The SMILES string of the molecule is CC(C)(C)c1ccc(CN2CCOCC2)cc1N. The van der Waals surface area contributed by atoms with Crippen molar-refractivity contribution >= 4 is 5.69 Å². The maximum absolute atomic E-state index is 6.17. The van der Waals surface area contributed by atoms with E-state index in [4.69, 9.17) is 10.5 Å². The number of hydrogen-bond acceptors (Lipinski definition) is 3. The molecule has 1 aliphatic rings. The second-order valence-corrected chi connectivity index (χ2v) is 6.06. The van der Waals surface area contributed by atoms with Crippen LogP contribution in [0.15, 0.2) is 18.2 Å². The third-order valence-corrected chi connectivity index (χ3v) is 3.43. The molecule has 0 amide bonds. The van der Waals surface area contributed by atoms with Crippen LogP contribution in [0, 0.1) is 0 Å². The summed E-state index contributed by atoms with van der Waals surface area (Å²) in [6.07, 6.45) is 0. The molecular formula is C15H24N2O. The quantitative estimate of drug-likeness (QED) is 0.817. The van der Waals surface area contributed by atoms with Gasteiger partial charge in [-0.05, 0) is 22.6 Å². The summed E-state index contributed by atoms with van der Waals surface area (Å²) in [4.78, 5) is 2.41. The first-order chi connectivity index (χ1) is 8.47. The van der Waals surface area contributed by atoms with Crippen LogP contribution in [0.25, 0.3) is 0 Å². The van der Waals surface area contributed by atoms with Crippen LogP contribution in [-0.2, 0) is 16.7 Å². The maximum Gasteiger partial charge on any atom is 0.0594 e. The monoisotopic (exact) mass is 248 g/mol. The van der Waals surface area contributed by atoms with Gasteiger partial charge in [-0.25, -0.2) is 0 Å². The van der Waals surface area contributed by atoms with E-state index in [-0.39, 0.29) is 5.41 Å². The van der Waals surface area contributed by atoms with Crippen molar-refractivity contribution in [2.24, 2.45) is 0 Å². The Bertz CT molecular complexity index is 403. The molecule has 1 aromatic rings. The van der Waals surface area contributed by atoms with Crippen molar-refractivity contribution in [3.05, 3.63) is 29.3 Å². The van der Waals surface area contributed by atoms with Gasteiger partial charge in [0.2, 0.25) is 0 Å². The van der Waals surface area contributed by atoms with Crippen LogP contribution in [0.2, 0.25) is 0 Å². The molecule has 1 saturated heterocycles. The summed E-state index contributed by atoms with van der Waals surface area (Å²) in [7, 11) is 0. The van der Waals surface area contributed by atoms with Gasteiger partial charge >= 0.3 is 0 Å². The first kappa shape index (κ1) is 13.4. The number of anilines is 1. The first-order valence-electron chi connectivity index (χ1n) is 6.66. The van der Waals surface area contributed by atoms with Crippen molar-refractivity contribution in [1.29, 1.82) is 0 Å². The molecule has 1 aromatic carbocycles. The van der Waals surface area contributed by atoms with Crippen LogP contribution >= 0.6 is 0 Å². The first-order valence-corrected chi connectivity index (χ1v) is 6.66. The topological polar surface area (TPSA) is 38.5 Å². The van der Waals surface area contributed by atoms with E-state index in [0.29, 0.717) is 0 Å². The Kier molecular flexibility index (Phi) is 3.93. The number of morpholine rings is 1. The molecule has 18 heavy (non-hydrogen) atoms. The second kappa shape index (κ2) is 5.29. The van der Waals surface area contributed by atoms with Crippen LogP contribution in [0.1, 0.15) is 31.9 Å². The van der Waals surface area contributed by atoms with Crippen LogP contribution < -0.4 is 5.73 Å². The Labute approximate surface area is 110 Å². The van der Waals surface area contributed by atoms with Crippen LogP contribution in [0.4, 0.5) is 5.69 Å². The lowest BCUT2D eigenvalue weighted by molar-refractivity contribution is 0.0342. The molecule has 0 aromatic heterocycles. The molecule has 2 rings (SSSR count). The molecular weight excluding hydrogens is 224 g/mol. The van der Waals surface area contributed by atoms with Crippen LogP contribution in [-0.4, -0.2) is 31.2 Å². The Balaban J connectivity index is 2.08. The van der Waals surface area contributed by atoms with E-state index in [1.807, 2.05) is 0 Å². The summed E-state index contributed by atoms with van der Waals surface area (Å²) in [6, 6.07) is 6.49. The van der Waals surface area contributed by atoms with Gasteiger partial charge in [0.1, 0.15) is 0 Å². The van der Waals surface area contributed by atoms with Crippen molar-refractivity contribution in [3.8, 4) is 0 Å². The van der Waals surface area contributed by atoms with Crippen LogP contribution in [0.5, 0.6) is 0 Å². The normalized spacial score (nSPS) is 17.9. The smallest absolute Gasteiger partial charge is 0.0594 e. The third kappa shape index (κ3) is 3.24. The van der Waals surface area contributed by atoms with Gasteiger partial charge in [0, 0.05) is 25.3 Å². The minimum Gasteiger partial charge on any atom is -0.398 e. The van der Waals surface area contributed by atoms with Crippen molar-refractivity contribution < 1.29 is 4.74 Å². The number of ether oxygens (including phenoxy) is 1. The number of nitrogen functional groups attached to an aromatic ring is 1. The molecule has 3 heteroatoms. The number of benzene rings is 1. The molecule has 0 bridgehead atoms. The fourth-order valence-electron chi connectivity index (χ4n) is 2.41. The van der Waals surface area contributed by atoms with E-state index < -0.39 is 0 Å². The average Bonchev–Trinajstić information content (AvgIpc) is 2.28. The Morgan fingerprint density at radius 3 is 2.44 bits per heavy atom. The molecule has 1 fully saturated rings. The molecule has 2 N–H and O–H groups in total. The third-order valence-electron chi connectivity index (χ3n) is 3.43. The molecule has 0 saturated carbocycles. The Hall–Kier alpha value is -1.06. The van der Waals surface area contributed by atoms with E-state index in [0.717, 1.165) is 38.5 Å². The molecule has 0 radical (unpaired) electrons. The standard InChI is InChI=1S/C15H24N2O/c1-15(2,3)13-5-4-12(10-14(13)16)11-17-6-8-18-9-7-17/h4-5,10H,6-9,11,16H2,1-3H3. The van der Waals surface area contributed by atoms with Crippen LogP contribution in [0.3, 0.4) is 0 Å². The van der Waals surface area contributed by atoms with Gasteiger partial charge in [-0.1, -0.05) is 32.9 Å². The fourth-order valence-corrected chi connectivity index (χ4v) is 2.41. The summed E-state index contributed by atoms with van der Waals surface area (Å²) in [5.74, 6) is 0. The predicted octanol–water partition coefficient (Wildman–Crippen LogP) is 2.40. The molecule has 0 aliphatic carbocycles. The Morgan fingerprint density at radius 2 is 1.89 bits per heavy atom. The number of nitrogens with zero attached hydrogens (tertiary/aromatic N) is 1. The van der Waals surface area contributed by atoms with Crippen molar-refractivity contribution in [2.75, 3.05) is 32.0 Å². The molecule has 3 nitrogen and oxygen atoms in total. The predicted molar refractivity (Wildman–Crippen MR) is 75.7 cm³/mol. The summed E-state index contributed by atoms with van der Waals surface area (Å²) in [5.41, 5.74) is 9.72.